The summed E-state index contributed by atoms with van der Waals surface area (Å²) in [6.07, 6.45) is 3.88. The molecule has 0 saturated heterocycles. The first kappa shape index (κ1) is 25.7. The summed E-state index contributed by atoms with van der Waals surface area (Å²) in [6.45, 7) is 10.0. The average molecular weight is 505 g/mol. The largest absolute Gasteiger partial charge is 0.496 e. The Morgan fingerprint density at radius 1 is 1.03 bits per heavy atom. The van der Waals surface area contributed by atoms with Gasteiger partial charge in [-0.25, -0.2) is 4.98 Å². The van der Waals surface area contributed by atoms with Gasteiger partial charge in [0.1, 0.15) is 11.6 Å². The Kier molecular flexibility index (Phi) is 7.97. The second-order valence-corrected chi connectivity index (χ2v) is 9.84. The number of amides is 1. The number of carbonyl (C=O) groups is 1. The van der Waals surface area contributed by atoms with Gasteiger partial charge in [0.05, 0.1) is 24.4 Å². The summed E-state index contributed by atoms with van der Waals surface area (Å²) in [7, 11) is 1.59. The SMILES string of the molecule is COc1cc(-c2ccc3cnc(-c4cccc(Cl)c4)n3c2)ccc1C(=O)NCCN(C(C)C)C(C)C. The molecule has 6 nitrogen and oxygen atoms in total. The van der Waals surface area contributed by atoms with Crippen molar-refractivity contribution in [3.8, 4) is 28.3 Å². The van der Waals surface area contributed by atoms with Crippen molar-refractivity contribution < 1.29 is 9.53 Å². The van der Waals surface area contributed by atoms with E-state index in [-0.39, 0.29) is 5.91 Å². The van der Waals surface area contributed by atoms with Gasteiger partial charge in [0, 0.05) is 42.0 Å². The lowest BCUT2D eigenvalue weighted by atomic mass is 10.0. The van der Waals surface area contributed by atoms with Crippen LogP contribution in [0, 0.1) is 0 Å². The maximum Gasteiger partial charge on any atom is 0.255 e. The lowest BCUT2D eigenvalue weighted by molar-refractivity contribution is 0.0936. The first-order valence-corrected chi connectivity index (χ1v) is 12.6. The number of carbonyl (C=O) groups excluding carboxylic acids is 1. The molecular weight excluding hydrogens is 472 g/mol. The number of aromatic nitrogens is 2. The zero-order valence-corrected chi connectivity index (χ0v) is 22.2. The standard InChI is InChI=1S/C29H33ClN4O2/c1-19(2)33(20(3)4)14-13-31-29(35)26-12-10-21(16-27(26)36-5)23-9-11-25-17-32-28(34(25)18-23)22-7-6-8-24(30)15-22/h6-12,15-20H,13-14H2,1-5H3,(H,31,35). The molecule has 0 unspecified atom stereocenters. The second-order valence-electron chi connectivity index (χ2n) is 9.40. The van der Waals surface area contributed by atoms with Crippen LogP contribution in [0.1, 0.15) is 38.1 Å². The van der Waals surface area contributed by atoms with Crippen LogP contribution in [-0.2, 0) is 0 Å². The first-order valence-electron chi connectivity index (χ1n) is 12.2. The molecule has 0 fully saturated rings. The highest BCUT2D eigenvalue weighted by Crippen LogP contribution is 2.30. The normalized spacial score (nSPS) is 11.6. The Bertz CT molecular complexity index is 1350. The van der Waals surface area contributed by atoms with Gasteiger partial charge in [-0.3, -0.25) is 14.1 Å². The van der Waals surface area contributed by atoms with Crippen molar-refractivity contribution in [3.05, 3.63) is 77.6 Å². The molecule has 1 N–H and O–H groups in total. The maximum absolute atomic E-state index is 12.9. The van der Waals surface area contributed by atoms with Crippen molar-refractivity contribution in [1.29, 1.82) is 0 Å². The van der Waals surface area contributed by atoms with Gasteiger partial charge in [-0.15, -0.1) is 0 Å². The number of hydrogen-bond donors (Lipinski definition) is 1. The van der Waals surface area contributed by atoms with E-state index in [1.165, 1.54) is 0 Å². The number of nitrogens with zero attached hydrogens (tertiary/aromatic N) is 3. The molecule has 0 bridgehead atoms. The molecule has 0 spiro atoms. The minimum absolute atomic E-state index is 0.140. The molecular formula is C29H33ClN4O2. The molecule has 188 valence electrons. The van der Waals surface area contributed by atoms with E-state index in [2.05, 4.69) is 42.9 Å². The Morgan fingerprint density at radius 3 is 2.47 bits per heavy atom. The van der Waals surface area contributed by atoms with E-state index in [1.54, 1.807) is 7.11 Å². The van der Waals surface area contributed by atoms with Crippen LogP contribution in [-0.4, -0.2) is 52.5 Å². The van der Waals surface area contributed by atoms with Gasteiger partial charge in [-0.05, 0) is 69.2 Å². The molecule has 0 aliphatic heterocycles. The van der Waals surface area contributed by atoms with E-state index in [1.807, 2.05) is 71.4 Å². The molecule has 0 radical (unpaired) electrons. The molecule has 0 aliphatic carbocycles. The maximum atomic E-state index is 12.9. The van der Waals surface area contributed by atoms with Gasteiger partial charge in [-0.2, -0.15) is 0 Å². The third kappa shape index (κ3) is 5.55. The van der Waals surface area contributed by atoms with Gasteiger partial charge in [0.15, 0.2) is 0 Å². The molecule has 0 aliphatic rings. The topological polar surface area (TPSA) is 58.9 Å². The van der Waals surface area contributed by atoms with E-state index in [0.717, 1.165) is 34.6 Å². The molecule has 2 aromatic carbocycles. The summed E-state index contributed by atoms with van der Waals surface area (Å²) in [4.78, 5) is 19.9. The molecule has 36 heavy (non-hydrogen) atoms. The summed E-state index contributed by atoms with van der Waals surface area (Å²) in [5.74, 6) is 1.21. The number of ether oxygens (including phenoxy) is 1. The van der Waals surface area contributed by atoms with Gasteiger partial charge < -0.3 is 10.1 Å². The molecule has 2 heterocycles. The van der Waals surface area contributed by atoms with Gasteiger partial charge >= 0.3 is 0 Å². The van der Waals surface area contributed by atoms with E-state index < -0.39 is 0 Å². The zero-order chi connectivity index (χ0) is 25.8. The van der Waals surface area contributed by atoms with E-state index in [9.17, 15) is 4.79 Å². The molecule has 7 heteroatoms. The number of nitrogens with one attached hydrogen (secondary N) is 1. The van der Waals surface area contributed by atoms with Crippen LogP contribution in [0.25, 0.3) is 28.0 Å². The first-order chi connectivity index (χ1) is 17.3. The number of imidazole rings is 1. The molecule has 1 amide bonds. The van der Waals surface area contributed by atoms with Gasteiger partial charge in [0.2, 0.25) is 0 Å². The Hall–Kier alpha value is -3.35. The highest BCUT2D eigenvalue weighted by Gasteiger charge is 2.17. The summed E-state index contributed by atoms with van der Waals surface area (Å²) < 4.78 is 7.65. The Morgan fingerprint density at radius 2 is 1.78 bits per heavy atom. The van der Waals surface area contributed by atoms with Crippen molar-refractivity contribution in [2.75, 3.05) is 20.2 Å². The predicted molar refractivity (Wildman–Crippen MR) is 147 cm³/mol. The smallest absolute Gasteiger partial charge is 0.255 e. The number of pyridine rings is 1. The zero-order valence-electron chi connectivity index (χ0n) is 21.5. The highest BCUT2D eigenvalue weighted by molar-refractivity contribution is 6.30. The van der Waals surface area contributed by atoms with Gasteiger partial charge in [0.25, 0.3) is 5.91 Å². The number of halogens is 1. The molecule has 0 atom stereocenters. The predicted octanol–water partition coefficient (Wildman–Crippen LogP) is 6.18. The van der Waals surface area contributed by atoms with Crippen molar-refractivity contribution in [2.45, 2.75) is 39.8 Å². The fourth-order valence-corrected chi connectivity index (χ4v) is 4.76. The van der Waals surface area contributed by atoms with Gasteiger partial charge in [-0.1, -0.05) is 35.9 Å². The van der Waals surface area contributed by atoms with E-state index in [4.69, 9.17) is 16.3 Å². The lowest BCUT2D eigenvalue weighted by Crippen LogP contribution is -2.42. The fraction of sp³-hybridized carbons (Fsp3) is 0.310. The molecule has 2 aromatic heterocycles. The summed E-state index contributed by atoms with van der Waals surface area (Å²) in [6, 6.07) is 18.2. The fourth-order valence-electron chi connectivity index (χ4n) is 4.57. The van der Waals surface area contributed by atoms with Crippen molar-refractivity contribution in [2.24, 2.45) is 0 Å². The van der Waals surface area contributed by atoms with Crippen LogP contribution >= 0.6 is 11.6 Å². The third-order valence-corrected chi connectivity index (χ3v) is 6.61. The number of rotatable bonds is 9. The van der Waals surface area contributed by atoms with E-state index >= 15 is 0 Å². The third-order valence-electron chi connectivity index (χ3n) is 6.37. The second kappa shape index (κ2) is 11.1. The van der Waals surface area contributed by atoms with Crippen molar-refractivity contribution in [1.82, 2.24) is 19.6 Å². The minimum Gasteiger partial charge on any atom is -0.496 e. The minimum atomic E-state index is -0.140. The monoisotopic (exact) mass is 504 g/mol. The van der Waals surface area contributed by atoms with Crippen molar-refractivity contribution in [3.63, 3.8) is 0 Å². The van der Waals surface area contributed by atoms with Crippen LogP contribution in [0.3, 0.4) is 0 Å². The van der Waals surface area contributed by atoms with Crippen LogP contribution in [0.15, 0.2) is 67.0 Å². The van der Waals surface area contributed by atoms with Crippen molar-refractivity contribution >= 4 is 23.0 Å². The number of hydrogen-bond acceptors (Lipinski definition) is 4. The quantitative estimate of drug-likeness (QED) is 0.296. The number of benzene rings is 2. The van der Waals surface area contributed by atoms with Crippen LogP contribution < -0.4 is 10.1 Å². The number of methoxy groups -OCH3 is 1. The van der Waals surface area contributed by atoms with Crippen LogP contribution in [0.4, 0.5) is 0 Å². The van der Waals surface area contributed by atoms with Crippen LogP contribution in [0.2, 0.25) is 5.02 Å². The summed E-state index contributed by atoms with van der Waals surface area (Å²) in [5.41, 5.74) is 4.37. The Labute approximate surface area is 217 Å². The van der Waals surface area contributed by atoms with E-state index in [0.29, 0.717) is 35.0 Å². The lowest BCUT2D eigenvalue weighted by Gasteiger charge is -2.30. The summed E-state index contributed by atoms with van der Waals surface area (Å²) in [5, 5.41) is 3.71. The highest BCUT2D eigenvalue weighted by atomic mass is 35.5. The molecule has 4 aromatic rings. The average Bonchev–Trinajstić information content (AvgIpc) is 3.29. The summed E-state index contributed by atoms with van der Waals surface area (Å²) >= 11 is 6.20. The Balaban J connectivity index is 1.57. The molecule has 0 saturated carbocycles. The van der Waals surface area contributed by atoms with Crippen LogP contribution in [0.5, 0.6) is 5.75 Å². The number of fused-ring (bicyclic) bond motifs is 1. The molecule has 4 rings (SSSR count).